The highest BCUT2D eigenvalue weighted by molar-refractivity contribution is 5.69. The van der Waals surface area contributed by atoms with E-state index in [4.69, 9.17) is 9.47 Å². The molecule has 1 aromatic carbocycles. The molecule has 1 N–H and O–H groups in total. The van der Waals surface area contributed by atoms with Gasteiger partial charge in [-0.1, -0.05) is 25.5 Å². The Morgan fingerprint density at radius 1 is 1.27 bits per heavy atom. The second-order valence-electron chi connectivity index (χ2n) is 9.04. The Bertz CT molecular complexity index is 927. The van der Waals surface area contributed by atoms with Crippen LogP contribution in [-0.2, 0) is 20.4 Å². The van der Waals surface area contributed by atoms with Crippen molar-refractivity contribution in [2.24, 2.45) is 11.8 Å². The molecule has 0 saturated carbocycles. The first-order valence-corrected chi connectivity index (χ1v) is 11.6. The standard InChI is InChI=1S/C25H29F4NO3/c1-2-3-7-22(31)32-14-18-9-10-19-23(15-5-4-6-17(26)12-15)30-21-11-8-16(25(27,28)29)13-20(21)24(19)33-18/h4-6,8,11,13,15,18-19,23-24,30H,2-3,7,9-10,12,14H2,1H3/t15?,18?,19-,23-,24-/m0/s1. The fourth-order valence-corrected chi connectivity index (χ4v) is 5.01. The van der Waals surface area contributed by atoms with E-state index in [0.717, 1.165) is 25.0 Å². The highest BCUT2D eigenvalue weighted by Crippen LogP contribution is 2.49. The highest BCUT2D eigenvalue weighted by atomic mass is 19.4. The third kappa shape index (κ3) is 5.42. The van der Waals surface area contributed by atoms with E-state index in [2.05, 4.69) is 5.32 Å². The van der Waals surface area contributed by atoms with Gasteiger partial charge in [-0.15, -0.1) is 0 Å². The van der Waals surface area contributed by atoms with Crippen molar-refractivity contribution < 1.29 is 31.8 Å². The van der Waals surface area contributed by atoms with Gasteiger partial charge in [-0.25, -0.2) is 4.39 Å². The molecule has 0 aromatic heterocycles. The van der Waals surface area contributed by atoms with Crippen LogP contribution in [0.3, 0.4) is 0 Å². The normalized spacial score (nSPS) is 28.9. The molecule has 1 saturated heterocycles. The van der Waals surface area contributed by atoms with Crippen LogP contribution in [0.15, 0.2) is 42.3 Å². The molecule has 5 atom stereocenters. The zero-order valence-electron chi connectivity index (χ0n) is 18.5. The van der Waals surface area contributed by atoms with Crippen LogP contribution in [0.4, 0.5) is 23.2 Å². The number of nitrogens with one attached hydrogen (secondary N) is 1. The summed E-state index contributed by atoms with van der Waals surface area (Å²) in [4.78, 5) is 11.9. The third-order valence-corrected chi connectivity index (χ3v) is 6.71. The number of halogens is 4. The van der Waals surface area contributed by atoms with Gasteiger partial charge in [0.15, 0.2) is 0 Å². The summed E-state index contributed by atoms with van der Waals surface area (Å²) in [6.45, 7) is 2.07. The monoisotopic (exact) mass is 467 g/mol. The summed E-state index contributed by atoms with van der Waals surface area (Å²) in [5.41, 5.74) is 0.283. The molecule has 0 radical (unpaired) electrons. The number of ether oxygens (including phenoxy) is 2. The van der Waals surface area contributed by atoms with Gasteiger partial charge in [-0.3, -0.25) is 4.79 Å². The lowest BCUT2D eigenvalue weighted by atomic mass is 9.72. The summed E-state index contributed by atoms with van der Waals surface area (Å²) in [6, 6.07) is 3.44. The largest absolute Gasteiger partial charge is 0.463 e. The minimum Gasteiger partial charge on any atom is -0.463 e. The maximum absolute atomic E-state index is 14.0. The smallest absolute Gasteiger partial charge is 0.416 e. The maximum atomic E-state index is 14.0. The summed E-state index contributed by atoms with van der Waals surface area (Å²) in [7, 11) is 0. The van der Waals surface area contributed by atoms with E-state index in [1.54, 1.807) is 6.08 Å². The zero-order valence-corrected chi connectivity index (χ0v) is 18.5. The van der Waals surface area contributed by atoms with Crippen molar-refractivity contribution in [2.45, 2.75) is 69.9 Å². The topological polar surface area (TPSA) is 47.6 Å². The Labute approximate surface area is 191 Å². The minimum absolute atomic E-state index is 0.0822. The summed E-state index contributed by atoms with van der Waals surface area (Å²) in [5, 5.41) is 3.38. The van der Waals surface area contributed by atoms with E-state index in [1.165, 1.54) is 12.1 Å². The number of unbranched alkanes of at least 4 members (excludes halogenated alkanes) is 1. The molecule has 8 heteroatoms. The lowest BCUT2D eigenvalue weighted by Crippen LogP contribution is -2.47. The average molecular weight is 468 g/mol. The number of hydrogen-bond acceptors (Lipinski definition) is 4. The number of hydrogen-bond donors (Lipinski definition) is 1. The van der Waals surface area contributed by atoms with Gasteiger partial charge in [0.05, 0.1) is 17.8 Å². The van der Waals surface area contributed by atoms with Gasteiger partial charge in [-0.2, -0.15) is 13.2 Å². The van der Waals surface area contributed by atoms with E-state index in [1.807, 2.05) is 13.0 Å². The molecule has 180 valence electrons. The molecule has 3 aliphatic rings. The summed E-state index contributed by atoms with van der Waals surface area (Å²) < 4.78 is 65.8. The van der Waals surface area contributed by atoms with Crippen molar-refractivity contribution in [3.05, 3.63) is 53.4 Å². The lowest BCUT2D eigenvalue weighted by molar-refractivity contribution is -0.157. The van der Waals surface area contributed by atoms with Gasteiger partial charge in [0.2, 0.25) is 0 Å². The number of fused-ring (bicyclic) bond motifs is 3. The molecule has 4 nitrogen and oxygen atoms in total. The molecule has 0 amide bonds. The minimum atomic E-state index is -4.47. The Morgan fingerprint density at radius 3 is 2.82 bits per heavy atom. The Kier molecular flexibility index (Phi) is 7.12. The highest BCUT2D eigenvalue weighted by Gasteiger charge is 2.45. The summed E-state index contributed by atoms with van der Waals surface area (Å²) in [5.74, 6) is -0.772. The predicted octanol–water partition coefficient (Wildman–Crippen LogP) is 6.50. The molecule has 1 aromatic rings. The predicted molar refractivity (Wildman–Crippen MR) is 116 cm³/mol. The quantitative estimate of drug-likeness (QED) is 0.383. The Morgan fingerprint density at radius 2 is 2.09 bits per heavy atom. The number of carbonyl (C=O) groups excluding carboxylic acids is 1. The van der Waals surface area contributed by atoms with Gasteiger partial charge in [0, 0.05) is 42.0 Å². The van der Waals surface area contributed by atoms with Gasteiger partial charge in [0.25, 0.3) is 0 Å². The van der Waals surface area contributed by atoms with Crippen molar-refractivity contribution in [3.8, 4) is 0 Å². The van der Waals surface area contributed by atoms with Gasteiger partial charge in [-0.05, 0) is 43.5 Å². The zero-order chi connectivity index (χ0) is 23.6. The molecule has 1 aliphatic carbocycles. The van der Waals surface area contributed by atoms with Crippen LogP contribution in [-0.4, -0.2) is 24.7 Å². The van der Waals surface area contributed by atoms with E-state index in [0.29, 0.717) is 30.5 Å². The summed E-state index contributed by atoms with van der Waals surface area (Å²) in [6.07, 6.45) is 3.10. The number of benzene rings is 1. The van der Waals surface area contributed by atoms with E-state index >= 15 is 0 Å². The number of esters is 1. The van der Waals surface area contributed by atoms with Gasteiger partial charge < -0.3 is 14.8 Å². The second-order valence-corrected chi connectivity index (χ2v) is 9.04. The van der Waals surface area contributed by atoms with Crippen molar-refractivity contribution in [2.75, 3.05) is 11.9 Å². The first-order chi connectivity index (χ1) is 15.8. The molecule has 2 aliphatic heterocycles. The van der Waals surface area contributed by atoms with Crippen molar-refractivity contribution in [1.29, 1.82) is 0 Å². The number of anilines is 1. The maximum Gasteiger partial charge on any atom is 0.416 e. The van der Waals surface area contributed by atoms with E-state index in [9.17, 15) is 22.4 Å². The molecule has 2 heterocycles. The molecule has 0 bridgehead atoms. The van der Waals surface area contributed by atoms with Crippen LogP contribution >= 0.6 is 0 Å². The molecule has 2 unspecified atom stereocenters. The van der Waals surface area contributed by atoms with Crippen molar-refractivity contribution in [1.82, 2.24) is 0 Å². The van der Waals surface area contributed by atoms with Gasteiger partial charge in [0.1, 0.15) is 12.4 Å². The number of rotatable bonds is 6. The fourth-order valence-electron chi connectivity index (χ4n) is 5.01. The third-order valence-electron chi connectivity index (χ3n) is 6.71. The SMILES string of the molecule is CCCCC(=O)OCC1CC[C@@H]2[C@H](O1)c1cc(C(F)(F)F)ccc1N[C@H]2C1C=CC=C(F)C1. The van der Waals surface area contributed by atoms with Gasteiger partial charge >= 0.3 is 12.1 Å². The number of alkyl halides is 3. The first-order valence-electron chi connectivity index (χ1n) is 11.6. The molecule has 4 rings (SSSR count). The lowest BCUT2D eigenvalue weighted by Gasteiger charge is -2.47. The molecule has 0 spiro atoms. The van der Waals surface area contributed by atoms with Crippen LogP contribution in [0.1, 0.15) is 62.7 Å². The average Bonchev–Trinajstić information content (AvgIpc) is 2.79. The first kappa shape index (κ1) is 23.8. The number of carbonyl (C=O) groups is 1. The van der Waals surface area contributed by atoms with E-state index in [-0.39, 0.29) is 42.7 Å². The Hall–Kier alpha value is -2.35. The molecular formula is C25H29F4NO3. The molecular weight excluding hydrogens is 438 g/mol. The van der Waals surface area contributed by atoms with E-state index < -0.39 is 23.9 Å². The van der Waals surface area contributed by atoms with Crippen molar-refractivity contribution >= 4 is 11.7 Å². The van der Waals surface area contributed by atoms with Crippen LogP contribution < -0.4 is 5.32 Å². The van der Waals surface area contributed by atoms with Crippen LogP contribution in [0.25, 0.3) is 0 Å². The summed E-state index contributed by atoms with van der Waals surface area (Å²) >= 11 is 0. The fraction of sp³-hybridized carbons (Fsp3) is 0.560. The van der Waals surface area contributed by atoms with Crippen LogP contribution in [0.5, 0.6) is 0 Å². The van der Waals surface area contributed by atoms with Crippen LogP contribution in [0, 0.1) is 11.8 Å². The molecule has 1 fully saturated rings. The number of allylic oxidation sites excluding steroid dienone is 3. The Balaban J connectivity index is 1.57. The van der Waals surface area contributed by atoms with Crippen molar-refractivity contribution in [3.63, 3.8) is 0 Å². The van der Waals surface area contributed by atoms with Crippen LogP contribution in [0.2, 0.25) is 0 Å². The second kappa shape index (κ2) is 9.87. The molecule has 33 heavy (non-hydrogen) atoms.